The zero-order chi connectivity index (χ0) is 12.7. The van der Waals surface area contributed by atoms with E-state index in [0.717, 1.165) is 32.4 Å². The molecular weight excluding hydrogens is 216 g/mol. The van der Waals surface area contributed by atoms with E-state index in [4.69, 9.17) is 10.5 Å². The topological polar surface area (TPSA) is 55.6 Å². The summed E-state index contributed by atoms with van der Waals surface area (Å²) in [5, 5.41) is 0. The number of rotatable bonds is 6. The van der Waals surface area contributed by atoms with Gasteiger partial charge < -0.3 is 15.4 Å². The second kappa shape index (κ2) is 7.67. The third-order valence-corrected chi connectivity index (χ3v) is 3.52. The molecule has 0 aliphatic carbocycles. The molecule has 1 fully saturated rings. The lowest BCUT2D eigenvalue weighted by Gasteiger charge is -2.37. The van der Waals surface area contributed by atoms with Crippen molar-refractivity contribution in [2.75, 3.05) is 26.3 Å². The Balaban J connectivity index is 2.32. The smallest absolute Gasteiger partial charge is 0.222 e. The minimum absolute atomic E-state index is 0.260. The first-order chi connectivity index (χ1) is 8.19. The van der Waals surface area contributed by atoms with Gasteiger partial charge in [0.1, 0.15) is 0 Å². The Morgan fingerprint density at radius 3 is 2.88 bits per heavy atom. The lowest BCUT2D eigenvalue weighted by atomic mass is 9.93. The van der Waals surface area contributed by atoms with Gasteiger partial charge in [0.15, 0.2) is 0 Å². The molecule has 2 unspecified atom stereocenters. The summed E-state index contributed by atoms with van der Waals surface area (Å²) in [5.74, 6) is 0.748. The van der Waals surface area contributed by atoms with Crippen LogP contribution in [0.2, 0.25) is 0 Å². The molecule has 4 nitrogen and oxygen atoms in total. The lowest BCUT2D eigenvalue weighted by Crippen LogP contribution is -2.47. The molecular formula is C13H26N2O2. The Morgan fingerprint density at radius 2 is 2.24 bits per heavy atom. The van der Waals surface area contributed by atoms with E-state index < -0.39 is 0 Å². The van der Waals surface area contributed by atoms with Gasteiger partial charge in [0.2, 0.25) is 5.91 Å². The van der Waals surface area contributed by atoms with Crippen LogP contribution in [0, 0.1) is 5.92 Å². The van der Waals surface area contributed by atoms with Crippen molar-refractivity contribution in [1.82, 2.24) is 4.90 Å². The number of ether oxygens (including phenoxy) is 1. The number of carbonyl (C=O) groups is 1. The highest BCUT2D eigenvalue weighted by Crippen LogP contribution is 2.22. The molecule has 0 bridgehead atoms. The number of likely N-dealkylation sites (tertiary alicyclic amines) is 1. The number of hydrogen-bond acceptors (Lipinski definition) is 3. The van der Waals surface area contributed by atoms with Gasteiger partial charge in [-0.3, -0.25) is 4.79 Å². The molecule has 2 N–H and O–H groups in total. The Hall–Kier alpha value is -0.610. The van der Waals surface area contributed by atoms with Crippen LogP contribution in [-0.4, -0.2) is 43.2 Å². The summed E-state index contributed by atoms with van der Waals surface area (Å²) in [6.45, 7) is 7.04. The number of hydrogen-bond donors (Lipinski definition) is 1. The van der Waals surface area contributed by atoms with E-state index in [2.05, 4.69) is 6.92 Å². The average molecular weight is 242 g/mol. The van der Waals surface area contributed by atoms with Gasteiger partial charge in [0, 0.05) is 32.2 Å². The molecule has 1 aliphatic rings. The van der Waals surface area contributed by atoms with E-state index >= 15 is 0 Å². The fourth-order valence-corrected chi connectivity index (χ4v) is 2.34. The summed E-state index contributed by atoms with van der Waals surface area (Å²) in [7, 11) is 0. The number of piperidine rings is 1. The zero-order valence-corrected chi connectivity index (χ0v) is 11.2. The first-order valence-electron chi connectivity index (χ1n) is 6.76. The van der Waals surface area contributed by atoms with Crippen molar-refractivity contribution in [1.29, 1.82) is 0 Å². The van der Waals surface area contributed by atoms with Crippen LogP contribution in [0.1, 0.15) is 39.5 Å². The van der Waals surface area contributed by atoms with Gasteiger partial charge in [-0.15, -0.1) is 0 Å². The fraction of sp³-hybridized carbons (Fsp3) is 0.923. The van der Waals surface area contributed by atoms with Crippen LogP contribution in [-0.2, 0) is 9.53 Å². The Morgan fingerprint density at radius 1 is 1.47 bits per heavy atom. The van der Waals surface area contributed by atoms with Crippen LogP contribution in [0.3, 0.4) is 0 Å². The molecule has 0 radical (unpaired) electrons. The average Bonchev–Trinajstić information content (AvgIpc) is 2.35. The van der Waals surface area contributed by atoms with Gasteiger partial charge in [-0.1, -0.05) is 0 Å². The molecule has 100 valence electrons. The van der Waals surface area contributed by atoms with E-state index in [-0.39, 0.29) is 5.91 Å². The van der Waals surface area contributed by atoms with Gasteiger partial charge in [-0.2, -0.15) is 0 Å². The van der Waals surface area contributed by atoms with Crippen LogP contribution in [0.5, 0.6) is 0 Å². The molecule has 1 amide bonds. The first-order valence-corrected chi connectivity index (χ1v) is 6.76. The lowest BCUT2D eigenvalue weighted by molar-refractivity contribution is -0.135. The van der Waals surface area contributed by atoms with Crippen molar-refractivity contribution in [3.05, 3.63) is 0 Å². The maximum atomic E-state index is 12.1. The molecule has 2 atom stereocenters. The summed E-state index contributed by atoms with van der Waals surface area (Å²) >= 11 is 0. The number of nitrogens with two attached hydrogens (primary N) is 1. The van der Waals surface area contributed by atoms with E-state index in [1.807, 2.05) is 11.8 Å². The van der Waals surface area contributed by atoms with E-state index in [1.165, 1.54) is 0 Å². The zero-order valence-electron chi connectivity index (χ0n) is 11.2. The van der Waals surface area contributed by atoms with Crippen molar-refractivity contribution >= 4 is 5.91 Å². The highest BCUT2D eigenvalue weighted by atomic mass is 16.5. The minimum Gasteiger partial charge on any atom is -0.382 e. The van der Waals surface area contributed by atoms with Crippen LogP contribution in [0.4, 0.5) is 0 Å². The number of carbonyl (C=O) groups excluding carboxylic acids is 1. The monoisotopic (exact) mass is 242 g/mol. The van der Waals surface area contributed by atoms with Gasteiger partial charge >= 0.3 is 0 Å². The molecule has 0 spiro atoms. The quantitative estimate of drug-likeness (QED) is 0.716. The Kier molecular flexibility index (Phi) is 6.52. The summed E-state index contributed by atoms with van der Waals surface area (Å²) in [6.07, 6.45) is 3.66. The fourth-order valence-electron chi connectivity index (χ4n) is 2.34. The van der Waals surface area contributed by atoms with Gasteiger partial charge in [0.25, 0.3) is 0 Å². The molecule has 1 saturated heterocycles. The molecule has 0 aromatic heterocycles. The normalized spacial score (nSPS) is 25.0. The standard InChI is InChI=1S/C13H26N2O2/c1-3-17-8-4-5-13(16)15-10-12(9-14)7-6-11(15)2/h11-12H,3-10,14H2,1-2H3. The Labute approximate surface area is 104 Å². The second-order valence-corrected chi connectivity index (χ2v) is 4.87. The third kappa shape index (κ3) is 4.64. The minimum atomic E-state index is 0.260. The van der Waals surface area contributed by atoms with Crippen molar-refractivity contribution in [3.8, 4) is 0 Å². The largest absolute Gasteiger partial charge is 0.382 e. The van der Waals surface area contributed by atoms with Gasteiger partial charge in [-0.25, -0.2) is 0 Å². The predicted molar refractivity (Wildman–Crippen MR) is 68.7 cm³/mol. The van der Waals surface area contributed by atoms with Crippen molar-refractivity contribution < 1.29 is 9.53 Å². The molecule has 17 heavy (non-hydrogen) atoms. The maximum Gasteiger partial charge on any atom is 0.222 e. The summed E-state index contributed by atoms with van der Waals surface area (Å²) in [5.41, 5.74) is 5.69. The van der Waals surface area contributed by atoms with Gasteiger partial charge in [-0.05, 0) is 45.6 Å². The van der Waals surface area contributed by atoms with Crippen molar-refractivity contribution in [2.45, 2.75) is 45.6 Å². The number of amides is 1. The van der Waals surface area contributed by atoms with E-state index in [0.29, 0.717) is 31.5 Å². The molecule has 1 aliphatic heterocycles. The van der Waals surface area contributed by atoms with Crippen molar-refractivity contribution in [3.63, 3.8) is 0 Å². The van der Waals surface area contributed by atoms with Crippen molar-refractivity contribution in [2.24, 2.45) is 11.7 Å². The first kappa shape index (κ1) is 14.5. The maximum absolute atomic E-state index is 12.1. The molecule has 0 aromatic carbocycles. The predicted octanol–water partition coefficient (Wildman–Crippen LogP) is 1.39. The SMILES string of the molecule is CCOCCCC(=O)N1CC(CN)CCC1C. The Bertz CT molecular complexity index is 233. The van der Waals surface area contributed by atoms with Crippen LogP contribution in [0.15, 0.2) is 0 Å². The molecule has 1 heterocycles. The van der Waals surface area contributed by atoms with E-state index in [9.17, 15) is 4.79 Å². The summed E-state index contributed by atoms with van der Waals surface area (Å²) in [6, 6.07) is 0.373. The molecule has 4 heteroatoms. The van der Waals surface area contributed by atoms with Crippen LogP contribution >= 0.6 is 0 Å². The van der Waals surface area contributed by atoms with E-state index in [1.54, 1.807) is 0 Å². The third-order valence-electron chi connectivity index (χ3n) is 3.52. The molecule has 1 rings (SSSR count). The van der Waals surface area contributed by atoms with Crippen LogP contribution < -0.4 is 5.73 Å². The molecule has 0 aromatic rings. The molecule has 0 saturated carbocycles. The summed E-state index contributed by atoms with van der Waals surface area (Å²) < 4.78 is 5.25. The summed E-state index contributed by atoms with van der Waals surface area (Å²) in [4.78, 5) is 14.1. The van der Waals surface area contributed by atoms with Gasteiger partial charge in [0.05, 0.1) is 0 Å². The number of nitrogens with zero attached hydrogens (tertiary/aromatic N) is 1. The highest BCUT2D eigenvalue weighted by Gasteiger charge is 2.27. The van der Waals surface area contributed by atoms with Crippen LogP contribution in [0.25, 0.3) is 0 Å². The second-order valence-electron chi connectivity index (χ2n) is 4.87. The highest BCUT2D eigenvalue weighted by molar-refractivity contribution is 5.76.